The zero-order valence-corrected chi connectivity index (χ0v) is 15.3. The highest BCUT2D eigenvalue weighted by Crippen LogP contribution is 2.61. The first-order chi connectivity index (χ1) is 11.0. The molecule has 2 rings (SSSR count). The predicted octanol–water partition coefficient (Wildman–Crippen LogP) is 4.52. The zero-order chi connectivity index (χ0) is 18.3. The van der Waals surface area contributed by atoms with Crippen molar-refractivity contribution in [2.24, 2.45) is 28.6 Å². The van der Waals surface area contributed by atoms with E-state index >= 15 is 0 Å². The Morgan fingerprint density at radius 2 is 2.08 bits per heavy atom. The molecule has 0 aromatic carbocycles. The van der Waals surface area contributed by atoms with Crippen molar-refractivity contribution in [1.82, 2.24) is 0 Å². The summed E-state index contributed by atoms with van der Waals surface area (Å²) >= 11 is 0. The molecular formula is C20H30O4. The van der Waals surface area contributed by atoms with Gasteiger partial charge in [-0.2, -0.15) is 0 Å². The van der Waals surface area contributed by atoms with Gasteiger partial charge in [0, 0.05) is 17.4 Å². The molecule has 2 aliphatic carbocycles. The third-order valence-electron chi connectivity index (χ3n) is 6.84. The minimum absolute atomic E-state index is 0.0518. The smallest absolute Gasteiger partial charge is 0.303 e. The van der Waals surface area contributed by atoms with Crippen LogP contribution in [0.5, 0.6) is 0 Å². The molecule has 2 N–H and O–H groups in total. The number of carbonyl (C=O) groups is 2. The van der Waals surface area contributed by atoms with Crippen molar-refractivity contribution in [3.8, 4) is 0 Å². The second kappa shape index (κ2) is 6.38. The molecule has 1 fully saturated rings. The fraction of sp³-hybridized carbons (Fsp3) is 0.700. The van der Waals surface area contributed by atoms with Gasteiger partial charge in [0.1, 0.15) is 0 Å². The minimum atomic E-state index is -0.761. The largest absolute Gasteiger partial charge is 0.504 e. The molecule has 5 atom stereocenters. The van der Waals surface area contributed by atoms with E-state index in [9.17, 15) is 14.7 Å². The van der Waals surface area contributed by atoms with E-state index in [1.807, 2.05) is 6.92 Å². The van der Waals surface area contributed by atoms with E-state index in [1.54, 1.807) is 6.08 Å². The topological polar surface area (TPSA) is 74.6 Å². The number of carboxylic acids is 1. The number of allylic oxidation sites excluding steroid dienone is 2. The Kier molecular flexibility index (Phi) is 4.98. The van der Waals surface area contributed by atoms with E-state index < -0.39 is 5.97 Å². The fourth-order valence-electron chi connectivity index (χ4n) is 4.76. The molecule has 4 heteroatoms. The van der Waals surface area contributed by atoms with Crippen molar-refractivity contribution in [1.29, 1.82) is 0 Å². The molecule has 134 valence electrons. The molecule has 4 nitrogen and oxygen atoms in total. The normalized spacial score (nSPS) is 37.6. The van der Waals surface area contributed by atoms with E-state index in [4.69, 9.17) is 5.11 Å². The van der Waals surface area contributed by atoms with E-state index in [0.717, 1.165) is 25.7 Å². The second-order valence-electron chi connectivity index (χ2n) is 8.44. The van der Waals surface area contributed by atoms with Gasteiger partial charge < -0.3 is 10.2 Å². The Morgan fingerprint density at radius 1 is 1.46 bits per heavy atom. The molecule has 5 unspecified atom stereocenters. The molecule has 0 aromatic heterocycles. The monoisotopic (exact) mass is 334 g/mol. The van der Waals surface area contributed by atoms with Gasteiger partial charge in [-0.25, -0.2) is 0 Å². The van der Waals surface area contributed by atoms with Crippen LogP contribution in [0.2, 0.25) is 0 Å². The molecule has 24 heavy (non-hydrogen) atoms. The summed E-state index contributed by atoms with van der Waals surface area (Å²) in [6, 6.07) is 0. The number of carboxylic acid groups (broad SMARTS) is 1. The Balaban J connectivity index is 2.31. The van der Waals surface area contributed by atoms with Crippen LogP contribution in [-0.4, -0.2) is 22.0 Å². The molecule has 0 radical (unpaired) electrons. The maximum Gasteiger partial charge on any atom is 0.303 e. The maximum atomic E-state index is 12.2. The van der Waals surface area contributed by atoms with Crippen LogP contribution < -0.4 is 0 Å². The number of ketones is 1. The number of rotatable bonds is 5. The lowest BCUT2D eigenvalue weighted by molar-refractivity contribution is -0.138. The number of Topliss-reactive ketones (excluding diaryl/α,β-unsaturated/α-hetero) is 1. The standard InChI is InChI=1S/C20H30O4/c1-12(10-17(22)23)6-8-19(4)13(2)7-9-20(5)14(3)18(24)15(21)11-16(19)20/h11-13,16,21H,3,6-10H2,1-2,4-5H3,(H,22,23). The first-order valence-corrected chi connectivity index (χ1v) is 8.89. The van der Waals surface area contributed by atoms with Crippen LogP contribution in [0.1, 0.15) is 59.8 Å². The van der Waals surface area contributed by atoms with Gasteiger partial charge in [0.15, 0.2) is 5.76 Å². The molecule has 0 spiro atoms. The van der Waals surface area contributed by atoms with Gasteiger partial charge in [-0.1, -0.05) is 34.3 Å². The van der Waals surface area contributed by atoms with Crippen LogP contribution in [0.15, 0.2) is 24.0 Å². The number of fused-ring (bicyclic) bond motifs is 1. The molecule has 2 aliphatic rings. The molecule has 0 saturated heterocycles. The van der Waals surface area contributed by atoms with Gasteiger partial charge in [0.05, 0.1) is 0 Å². The quantitative estimate of drug-likeness (QED) is 0.725. The lowest BCUT2D eigenvalue weighted by Crippen LogP contribution is -2.51. The predicted molar refractivity (Wildman–Crippen MR) is 93.6 cm³/mol. The van der Waals surface area contributed by atoms with Crippen molar-refractivity contribution >= 4 is 11.8 Å². The molecule has 0 aliphatic heterocycles. The third kappa shape index (κ3) is 3.03. The summed E-state index contributed by atoms with van der Waals surface area (Å²) in [5.74, 6) is -0.658. The molecular weight excluding hydrogens is 304 g/mol. The number of carbonyl (C=O) groups excluding carboxylic acids is 1. The first-order valence-electron chi connectivity index (χ1n) is 8.89. The van der Waals surface area contributed by atoms with Crippen molar-refractivity contribution in [3.05, 3.63) is 24.0 Å². The van der Waals surface area contributed by atoms with Crippen molar-refractivity contribution in [3.63, 3.8) is 0 Å². The van der Waals surface area contributed by atoms with Crippen LogP contribution in [0.3, 0.4) is 0 Å². The van der Waals surface area contributed by atoms with Crippen molar-refractivity contribution in [2.75, 3.05) is 0 Å². The van der Waals surface area contributed by atoms with Gasteiger partial charge in [0.2, 0.25) is 5.78 Å². The zero-order valence-electron chi connectivity index (χ0n) is 15.3. The van der Waals surface area contributed by atoms with Crippen LogP contribution in [0.25, 0.3) is 0 Å². The maximum absolute atomic E-state index is 12.2. The molecule has 0 heterocycles. The summed E-state index contributed by atoms with van der Waals surface area (Å²) in [6.07, 6.45) is 5.54. The molecule has 0 bridgehead atoms. The van der Waals surface area contributed by atoms with Crippen molar-refractivity contribution < 1.29 is 19.8 Å². The summed E-state index contributed by atoms with van der Waals surface area (Å²) in [5, 5.41) is 19.1. The number of hydrogen-bond acceptors (Lipinski definition) is 3. The van der Waals surface area contributed by atoms with E-state index in [-0.39, 0.29) is 40.6 Å². The third-order valence-corrected chi connectivity index (χ3v) is 6.84. The van der Waals surface area contributed by atoms with Crippen LogP contribution >= 0.6 is 0 Å². The average Bonchev–Trinajstić information content (AvgIpc) is 2.50. The SMILES string of the molecule is C=C1C(=O)C(O)=CC2C1(C)CCC(C)C2(C)CCC(C)CC(=O)O. The summed E-state index contributed by atoms with van der Waals surface area (Å²) in [5.41, 5.74) is 0.113. The van der Waals surface area contributed by atoms with Gasteiger partial charge in [-0.3, -0.25) is 9.59 Å². The Morgan fingerprint density at radius 3 is 2.67 bits per heavy atom. The summed E-state index contributed by atoms with van der Waals surface area (Å²) in [7, 11) is 0. The van der Waals surface area contributed by atoms with Gasteiger partial charge in [0.25, 0.3) is 0 Å². The number of aliphatic carboxylic acids is 1. The van der Waals surface area contributed by atoms with E-state index in [2.05, 4.69) is 27.4 Å². The molecule has 1 saturated carbocycles. The Bertz CT molecular complexity index is 590. The second-order valence-corrected chi connectivity index (χ2v) is 8.44. The Hall–Kier alpha value is -1.58. The highest BCUT2D eigenvalue weighted by Gasteiger charge is 2.55. The Labute approximate surface area is 144 Å². The first kappa shape index (κ1) is 18.8. The van der Waals surface area contributed by atoms with Crippen LogP contribution in [0, 0.1) is 28.6 Å². The number of aliphatic hydroxyl groups excluding tert-OH is 1. The summed E-state index contributed by atoms with van der Waals surface area (Å²) in [4.78, 5) is 23.1. The minimum Gasteiger partial charge on any atom is -0.504 e. The van der Waals surface area contributed by atoms with Gasteiger partial charge in [-0.15, -0.1) is 0 Å². The van der Waals surface area contributed by atoms with E-state index in [0.29, 0.717) is 11.5 Å². The summed E-state index contributed by atoms with van der Waals surface area (Å²) < 4.78 is 0. The van der Waals surface area contributed by atoms with Crippen LogP contribution in [0.4, 0.5) is 0 Å². The fourth-order valence-corrected chi connectivity index (χ4v) is 4.76. The number of hydrogen-bond donors (Lipinski definition) is 2. The lowest BCUT2D eigenvalue weighted by atomic mass is 9.47. The lowest BCUT2D eigenvalue weighted by Gasteiger charge is -2.56. The highest BCUT2D eigenvalue weighted by atomic mass is 16.4. The summed E-state index contributed by atoms with van der Waals surface area (Å²) in [6.45, 7) is 12.5. The van der Waals surface area contributed by atoms with Gasteiger partial charge in [-0.05, 0) is 54.9 Å². The molecule has 0 amide bonds. The van der Waals surface area contributed by atoms with Gasteiger partial charge >= 0.3 is 5.97 Å². The molecule has 0 aromatic rings. The number of aliphatic hydroxyl groups is 1. The average molecular weight is 334 g/mol. The highest BCUT2D eigenvalue weighted by molar-refractivity contribution is 6.08. The van der Waals surface area contributed by atoms with Crippen molar-refractivity contribution in [2.45, 2.75) is 59.8 Å². The van der Waals surface area contributed by atoms with Crippen LogP contribution in [-0.2, 0) is 9.59 Å². The van der Waals surface area contributed by atoms with E-state index in [1.165, 1.54) is 0 Å².